The van der Waals surface area contributed by atoms with Gasteiger partial charge in [0, 0.05) is 16.8 Å². The van der Waals surface area contributed by atoms with E-state index in [1.54, 1.807) is 12.2 Å². The Balaban J connectivity index is 1.76. The van der Waals surface area contributed by atoms with Crippen LogP contribution >= 0.6 is 0 Å². The largest absolute Gasteiger partial charge is 0.482 e. The Bertz CT molecular complexity index is 989. The van der Waals surface area contributed by atoms with E-state index in [1.165, 1.54) is 36.4 Å². The van der Waals surface area contributed by atoms with Crippen LogP contribution in [0.4, 0.5) is 24.5 Å². The zero-order valence-corrected chi connectivity index (χ0v) is 15.1. The van der Waals surface area contributed by atoms with Gasteiger partial charge in [0.1, 0.15) is 12.3 Å². The third kappa shape index (κ3) is 5.03. The summed E-state index contributed by atoms with van der Waals surface area (Å²) in [5, 5.41) is 6.99. The molecule has 0 bridgehead atoms. The monoisotopic (exact) mass is 407 g/mol. The van der Waals surface area contributed by atoms with Crippen molar-refractivity contribution in [3.8, 4) is 5.75 Å². The number of nitrogens with one attached hydrogen (secondary N) is 3. The highest BCUT2D eigenvalue weighted by molar-refractivity contribution is 6.07. The van der Waals surface area contributed by atoms with Crippen LogP contribution in [0.15, 0.2) is 36.4 Å². The van der Waals surface area contributed by atoms with Crippen molar-refractivity contribution in [2.45, 2.75) is 13.1 Å². The smallest absolute Gasteiger partial charge is 0.405 e. The van der Waals surface area contributed by atoms with Crippen molar-refractivity contribution in [3.05, 3.63) is 53.1 Å². The third-order valence-corrected chi connectivity index (χ3v) is 4.07. The lowest BCUT2D eigenvalue weighted by Crippen LogP contribution is -2.33. The van der Waals surface area contributed by atoms with Crippen molar-refractivity contribution in [1.82, 2.24) is 5.32 Å². The Morgan fingerprint density at radius 3 is 2.52 bits per heavy atom. The molecule has 0 saturated heterocycles. The molecule has 0 aliphatic carbocycles. The second-order valence-corrected chi connectivity index (χ2v) is 6.33. The quantitative estimate of drug-likeness (QED) is 0.726. The predicted octanol–water partition coefficient (Wildman–Crippen LogP) is 2.87. The van der Waals surface area contributed by atoms with Crippen LogP contribution in [0.25, 0.3) is 0 Å². The molecule has 0 aromatic heterocycles. The van der Waals surface area contributed by atoms with Gasteiger partial charge < -0.3 is 20.7 Å². The van der Waals surface area contributed by atoms with E-state index in [9.17, 15) is 27.6 Å². The van der Waals surface area contributed by atoms with E-state index in [2.05, 4.69) is 10.6 Å². The van der Waals surface area contributed by atoms with E-state index in [4.69, 9.17) is 4.74 Å². The van der Waals surface area contributed by atoms with Gasteiger partial charge in [-0.25, -0.2) is 0 Å². The Morgan fingerprint density at radius 2 is 1.79 bits per heavy atom. The Hall–Kier alpha value is -3.56. The Labute approximate surface area is 163 Å². The summed E-state index contributed by atoms with van der Waals surface area (Å²) >= 11 is 0. The van der Waals surface area contributed by atoms with Gasteiger partial charge in [-0.15, -0.1) is 0 Å². The minimum absolute atomic E-state index is 0.0266. The maximum absolute atomic E-state index is 12.6. The molecule has 2 aromatic rings. The van der Waals surface area contributed by atoms with Gasteiger partial charge in [0.05, 0.1) is 5.69 Å². The van der Waals surface area contributed by atoms with Crippen molar-refractivity contribution in [1.29, 1.82) is 0 Å². The fourth-order valence-corrected chi connectivity index (χ4v) is 2.60. The molecule has 0 spiro atoms. The number of halogens is 3. The molecule has 10 heteroatoms. The van der Waals surface area contributed by atoms with Gasteiger partial charge in [0.25, 0.3) is 17.7 Å². The lowest BCUT2D eigenvalue weighted by molar-refractivity contribution is -0.123. The van der Waals surface area contributed by atoms with Gasteiger partial charge >= 0.3 is 6.18 Å². The standard InChI is InChI=1S/C19H16F3N3O4/c1-10-2-3-11(17(27)23-9-19(20,21)22)6-13(10)25-18(28)12-4-5-15-14(7-12)24-16(26)8-29-15/h2-7H,8-9H2,1H3,(H,23,27)(H,24,26)(H,25,28). The van der Waals surface area contributed by atoms with E-state index in [0.29, 0.717) is 17.0 Å². The molecule has 3 rings (SSSR count). The average molecular weight is 407 g/mol. The summed E-state index contributed by atoms with van der Waals surface area (Å²) in [4.78, 5) is 35.9. The number of carbonyl (C=O) groups excluding carboxylic acids is 3. The van der Waals surface area contributed by atoms with E-state index in [0.717, 1.165) is 0 Å². The Morgan fingerprint density at radius 1 is 1.10 bits per heavy atom. The number of aryl methyl sites for hydroxylation is 1. The van der Waals surface area contributed by atoms with Gasteiger partial charge in [0.2, 0.25) is 0 Å². The molecule has 3 N–H and O–H groups in total. The molecule has 1 heterocycles. The molecule has 0 fully saturated rings. The van der Waals surface area contributed by atoms with Gasteiger partial charge in [-0.05, 0) is 42.8 Å². The molecule has 7 nitrogen and oxygen atoms in total. The van der Waals surface area contributed by atoms with Crippen LogP contribution < -0.4 is 20.7 Å². The highest BCUT2D eigenvalue weighted by Gasteiger charge is 2.28. The van der Waals surface area contributed by atoms with Gasteiger partial charge in [-0.1, -0.05) is 6.07 Å². The molecule has 1 aliphatic heterocycles. The number of hydrogen-bond acceptors (Lipinski definition) is 4. The topological polar surface area (TPSA) is 96.5 Å². The SMILES string of the molecule is Cc1ccc(C(=O)NCC(F)(F)F)cc1NC(=O)c1ccc2c(c1)NC(=O)CO2. The molecule has 0 atom stereocenters. The van der Waals surface area contributed by atoms with Crippen LogP contribution in [-0.4, -0.2) is 37.0 Å². The first kappa shape index (κ1) is 20.2. The summed E-state index contributed by atoms with van der Waals surface area (Å²) in [5.74, 6) is -1.35. The Kier molecular flexibility index (Phi) is 5.44. The number of carbonyl (C=O) groups is 3. The minimum Gasteiger partial charge on any atom is -0.482 e. The fraction of sp³-hybridized carbons (Fsp3) is 0.211. The highest BCUT2D eigenvalue weighted by atomic mass is 19.4. The molecule has 29 heavy (non-hydrogen) atoms. The summed E-state index contributed by atoms with van der Waals surface area (Å²) in [5.41, 5.74) is 1.43. The number of alkyl halides is 3. The third-order valence-electron chi connectivity index (χ3n) is 4.07. The van der Waals surface area contributed by atoms with Crippen molar-refractivity contribution in [2.75, 3.05) is 23.8 Å². The van der Waals surface area contributed by atoms with Crippen LogP contribution in [0.5, 0.6) is 5.75 Å². The molecule has 2 aromatic carbocycles. The molecule has 0 radical (unpaired) electrons. The number of ether oxygens (including phenoxy) is 1. The maximum Gasteiger partial charge on any atom is 0.405 e. The number of fused-ring (bicyclic) bond motifs is 1. The number of rotatable bonds is 4. The number of amides is 3. The summed E-state index contributed by atoms with van der Waals surface area (Å²) in [6.07, 6.45) is -4.52. The van der Waals surface area contributed by atoms with Crippen molar-refractivity contribution in [3.63, 3.8) is 0 Å². The normalized spacial score (nSPS) is 13.0. The van der Waals surface area contributed by atoms with Crippen LogP contribution in [-0.2, 0) is 4.79 Å². The zero-order chi connectivity index (χ0) is 21.2. The first-order chi connectivity index (χ1) is 13.6. The molecule has 152 valence electrons. The number of hydrogen-bond donors (Lipinski definition) is 3. The van der Waals surface area contributed by atoms with Gasteiger partial charge in [-0.2, -0.15) is 13.2 Å². The van der Waals surface area contributed by atoms with Crippen molar-refractivity contribution in [2.24, 2.45) is 0 Å². The van der Waals surface area contributed by atoms with Crippen molar-refractivity contribution >= 4 is 29.1 Å². The summed E-state index contributed by atoms with van der Waals surface area (Å²) in [6, 6.07) is 8.65. The zero-order valence-electron chi connectivity index (χ0n) is 15.1. The molecule has 1 aliphatic rings. The van der Waals surface area contributed by atoms with E-state index in [-0.39, 0.29) is 29.3 Å². The van der Waals surface area contributed by atoms with E-state index >= 15 is 0 Å². The van der Waals surface area contributed by atoms with Gasteiger partial charge in [-0.3, -0.25) is 14.4 Å². The second kappa shape index (κ2) is 7.82. The van der Waals surface area contributed by atoms with Gasteiger partial charge in [0.15, 0.2) is 6.61 Å². The van der Waals surface area contributed by atoms with Crippen LogP contribution in [0.1, 0.15) is 26.3 Å². The summed E-state index contributed by atoms with van der Waals surface area (Å²) < 4.78 is 42.0. The average Bonchev–Trinajstić information content (AvgIpc) is 2.66. The van der Waals surface area contributed by atoms with Crippen LogP contribution in [0.2, 0.25) is 0 Å². The molecule has 0 unspecified atom stereocenters. The molecule has 0 saturated carbocycles. The molecular weight excluding hydrogens is 391 g/mol. The summed E-state index contributed by atoms with van der Waals surface area (Å²) in [6.45, 7) is 0.110. The fourth-order valence-electron chi connectivity index (χ4n) is 2.60. The van der Waals surface area contributed by atoms with Crippen LogP contribution in [0.3, 0.4) is 0 Å². The lowest BCUT2D eigenvalue weighted by Gasteiger charge is -2.18. The minimum atomic E-state index is -4.52. The van der Waals surface area contributed by atoms with Crippen LogP contribution in [0, 0.1) is 6.92 Å². The molecule has 3 amide bonds. The second-order valence-electron chi connectivity index (χ2n) is 6.33. The number of anilines is 2. The lowest BCUT2D eigenvalue weighted by atomic mass is 10.1. The van der Waals surface area contributed by atoms with Crippen molar-refractivity contribution < 1.29 is 32.3 Å². The maximum atomic E-state index is 12.6. The summed E-state index contributed by atoms with van der Waals surface area (Å²) in [7, 11) is 0. The van der Waals surface area contributed by atoms with E-state index < -0.39 is 24.5 Å². The number of benzene rings is 2. The molecular formula is C19H16F3N3O4. The first-order valence-electron chi connectivity index (χ1n) is 8.46. The van der Waals surface area contributed by atoms with E-state index in [1.807, 2.05) is 0 Å². The predicted molar refractivity (Wildman–Crippen MR) is 98.1 cm³/mol. The highest BCUT2D eigenvalue weighted by Crippen LogP contribution is 2.29. The first-order valence-corrected chi connectivity index (χ1v) is 8.46.